The summed E-state index contributed by atoms with van der Waals surface area (Å²) in [6.45, 7) is 5.58. The number of aromatic nitrogens is 1. The standard InChI is InChI=1S/C10H12ClNO/c1-10(2,3)8(13)7-5-4-6-12-9(7)11/h4-6H,1-3H3. The summed E-state index contributed by atoms with van der Waals surface area (Å²) in [5.74, 6) is 0.0191. The Hall–Kier alpha value is -0.890. The Kier molecular flexibility index (Phi) is 2.71. The largest absolute Gasteiger partial charge is 0.293 e. The van der Waals surface area contributed by atoms with Crippen LogP contribution in [-0.4, -0.2) is 10.8 Å². The molecule has 13 heavy (non-hydrogen) atoms. The lowest BCUT2D eigenvalue weighted by molar-refractivity contribution is 0.0858. The molecule has 0 fully saturated rings. The summed E-state index contributed by atoms with van der Waals surface area (Å²) in [4.78, 5) is 15.6. The van der Waals surface area contributed by atoms with Gasteiger partial charge in [-0.3, -0.25) is 4.79 Å². The third-order valence-electron chi connectivity index (χ3n) is 1.68. The smallest absolute Gasteiger partial charge is 0.171 e. The molecule has 1 aromatic rings. The average molecular weight is 198 g/mol. The molecule has 0 bridgehead atoms. The predicted octanol–water partition coefficient (Wildman–Crippen LogP) is 2.96. The maximum absolute atomic E-state index is 11.8. The molecule has 0 saturated carbocycles. The summed E-state index contributed by atoms with van der Waals surface area (Å²) < 4.78 is 0. The zero-order chi connectivity index (χ0) is 10.1. The van der Waals surface area contributed by atoms with Crippen molar-refractivity contribution >= 4 is 17.4 Å². The van der Waals surface area contributed by atoms with Crippen molar-refractivity contribution in [3.63, 3.8) is 0 Å². The van der Waals surface area contributed by atoms with E-state index in [-0.39, 0.29) is 10.9 Å². The third-order valence-corrected chi connectivity index (χ3v) is 1.99. The van der Waals surface area contributed by atoms with Crippen LogP contribution in [0.5, 0.6) is 0 Å². The van der Waals surface area contributed by atoms with Gasteiger partial charge in [0.1, 0.15) is 5.15 Å². The first kappa shape index (κ1) is 10.2. The van der Waals surface area contributed by atoms with E-state index in [0.29, 0.717) is 5.56 Å². The zero-order valence-corrected chi connectivity index (χ0v) is 8.72. The number of nitrogens with zero attached hydrogens (tertiary/aromatic N) is 1. The van der Waals surface area contributed by atoms with Crippen molar-refractivity contribution < 1.29 is 4.79 Å². The Balaban J connectivity index is 3.10. The van der Waals surface area contributed by atoms with Crippen LogP contribution in [-0.2, 0) is 0 Å². The molecule has 0 aliphatic heterocycles. The highest BCUT2D eigenvalue weighted by Gasteiger charge is 2.24. The van der Waals surface area contributed by atoms with Crippen molar-refractivity contribution in [1.29, 1.82) is 0 Å². The van der Waals surface area contributed by atoms with Crippen molar-refractivity contribution in [2.75, 3.05) is 0 Å². The molecule has 70 valence electrons. The lowest BCUT2D eigenvalue weighted by Gasteiger charge is -2.16. The van der Waals surface area contributed by atoms with Crippen LogP contribution < -0.4 is 0 Å². The van der Waals surface area contributed by atoms with Crippen LogP contribution in [0.3, 0.4) is 0 Å². The van der Waals surface area contributed by atoms with Gasteiger partial charge in [0, 0.05) is 11.6 Å². The monoisotopic (exact) mass is 197 g/mol. The maximum atomic E-state index is 11.8. The Morgan fingerprint density at radius 2 is 2.08 bits per heavy atom. The SMILES string of the molecule is CC(C)(C)C(=O)c1cccnc1Cl. The van der Waals surface area contributed by atoms with Crippen molar-refractivity contribution in [1.82, 2.24) is 4.98 Å². The summed E-state index contributed by atoms with van der Waals surface area (Å²) in [5, 5.41) is 0.280. The minimum absolute atomic E-state index is 0.0191. The lowest BCUT2D eigenvalue weighted by atomic mass is 9.87. The van der Waals surface area contributed by atoms with E-state index in [1.807, 2.05) is 20.8 Å². The van der Waals surface area contributed by atoms with E-state index < -0.39 is 5.41 Å². The Morgan fingerprint density at radius 1 is 1.46 bits per heavy atom. The van der Waals surface area contributed by atoms with Crippen molar-refractivity contribution in [3.8, 4) is 0 Å². The summed E-state index contributed by atoms with van der Waals surface area (Å²) in [7, 11) is 0. The lowest BCUT2D eigenvalue weighted by Crippen LogP contribution is -2.20. The number of Topliss-reactive ketones (excluding diaryl/α,β-unsaturated/α-hetero) is 1. The maximum Gasteiger partial charge on any atom is 0.171 e. The van der Waals surface area contributed by atoms with Crippen LogP contribution in [0.15, 0.2) is 18.3 Å². The summed E-state index contributed by atoms with van der Waals surface area (Å²) >= 11 is 5.79. The third kappa shape index (κ3) is 2.28. The molecule has 2 nitrogen and oxygen atoms in total. The summed E-state index contributed by atoms with van der Waals surface area (Å²) in [6, 6.07) is 3.41. The second-order valence-electron chi connectivity index (χ2n) is 3.92. The molecule has 0 aliphatic rings. The molecule has 0 N–H and O–H groups in total. The van der Waals surface area contributed by atoms with Gasteiger partial charge < -0.3 is 0 Å². The molecule has 3 heteroatoms. The second-order valence-corrected chi connectivity index (χ2v) is 4.28. The van der Waals surface area contributed by atoms with Crippen molar-refractivity contribution in [2.45, 2.75) is 20.8 Å². The number of hydrogen-bond donors (Lipinski definition) is 0. The van der Waals surface area contributed by atoms with Crippen LogP contribution in [0.4, 0.5) is 0 Å². The van der Waals surface area contributed by atoms with E-state index in [1.165, 1.54) is 0 Å². The molecule has 0 amide bonds. The van der Waals surface area contributed by atoms with Gasteiger partial charge in [-0.25, -0.2) is 4.98 Å². The van der Waals surface area contributed by atoms with Gasteiger partial charge in [0.05, 0.1) is 5.56 Å². The molecule has 0 spiro atoms. The van der Waals surface area contributed by atoms with E-state index in [4.69, 9.17) is 11.6 Å². The Bertz CT molecular complexity index is 328. The number of hydrogen-bond acceptors (Lipinski definition) is 2. The number of pyridine rings is 1. The summed E-state index contributed by atoms with van der Waals surface area (Å²) in [6.07, 6.45) is 1.57. The van der Waals surface area contributed by atoms with Crippen LogP contribution in [0, 0.1) is 5.41 Å². The molecule has 0 aliphatic carbocycles. The molecular formula is C10H12ClNO. The topological polar surface area (TPSA) is 30.0 Å². The zero-order valence-electron chi connectivity index (χ0n) is 7.97. The van der Waals surface area contributed by atoms with Gasteiger partial charge in [-0.15, -0.1) is 0 Å². The van der Waals surface area contributed by atoms with Crippen molar-refractivity contribution in [3.05, 3.63) is 29.0 Å². The van der Waals surface area contributed by atoms with Gasteiger partial charge >= 0.3 is 0 Å². The molecule has 0 unspecified atom stereocenters. The molecule has 0 saturated heterocycles. The minimum atomic E-state index is -0.410. The quantitative estimate of drug-likeness (QED) is 0.512. The Morgan fingerprint density at radius 3 is 2.54 bits per heavy atom. The van der Waals surface area contributed by atoms with E-state index in [0.717, 1.165) is 0 Å². The molecule has 1 heterocycles. The van der Waals surface area contributed by atoms with Gasteiger partial charge in [-0.2, -0.15) is 0 Å². The highest BCUT2D eigenvalue weighted by Crippen LogP contribution is 2.24. The van der Waals surface area contributed by atoms with Crippen LogP contribution in [0.25, 0.3) is 0 Å². The molecular weight excluding hydrogens is 186 g/mol. The molecule has 1 aromatic heterocycles. The number of halogens is 1. The first-order valence-electron chi connectivity index (χ1n) is 4.08. The highest BCUT2D eigenvalue weighted by molar-refractivity contribution is 6.32. The van der Waals surface area contributed by atoms with Crippen LogP contribution in [0.2, 0.25) is 5.15 Å². The summed E-state index contributed by atoms with van der Waals surface area (Å²) in [5.41, 5.74) is 0.0869. The number of carbonyl (C=O) groups excluding carboxylic acids is 1. The molecule has 0 radical (unpaired) electrons. The first-order valence-corrected chi connectivity index (χ1v) is 4.46. The van der Waals surface area contributed by atoms with Gasteiger partial charge in [0.15, 0.2) is 5.78 Å². The molecule has 0 atom stereocenters. The number of rotatable bonds is 1. The van der Waals surface area contributed by atoms with E-state index in [2.05, 4.69) is 4.98 Å². The van der Waals surface area contributed by atoms with Gasteiger partial charge in [0.25, 0.3) is 0 Å². The fourth-order valence-corrected chi connectivity index (χ4v) is 1.16. The normalized spacial score (nSPS) is 11.4. The highest BCUT2D eigenvalue weighted by atomic mass is 35.5. The Labute approximate surface area is 82.9 Å². The predicted molar refractivity (Wildman–Crippen MR) is 53.0 cm³/mol. The van der Waals surface area contributed by atoms with Crippen molar-refractivity contribution in [2.24, 2.45) is 5.41 Å². The fourth-order valence-electron chi connectivity index (χ4n) is 0.959. The fraction of sp³-hybridized carbons (Fsp3) is 0.400. The van der Waals surface area contributed by atoms with Gasteiger partial charge in [0.2, 0.25) is 0 Å². The van der Waals surface area contributed by atoms with Gasteiger partial charge in [-0.1, -0.05) is 32.4 Å². The number of ketones is 1. The molecule has 0 aromatic carbocycles. The molecule has 1 rings (SSSR count). The van der Waals surface area contributed by atoms with Gasteiger partial charge in [-0.05, 0) is 12.1 Å². The van der Waals surface area contributed by atoms with E-state index in [9.17, 15) is 4.79 Å². The number of carbonyl (C=O) groups is 1. The van der Waals surface area contributed by atoms with Crippen LogP contribution >= 0.6 is 11.6 Å². The minimum Gasteiger partial charge on any atom is -0.293 e. The van der Waals surface area contributed by atoms with Crippen LogP contribution in [0.1, 0.15) is 31.1 Å². The first-order chi connectivity index (χ1) is 5.93. The second kappa shape index (κ2) is 3.46. The van der Waals surface area contributed by atoms with E-state index >= 15 is 0 Å². The average Bonchev–Trinajstić information content (AvgIpc) is 2.02. The van der Waals surface area contributed by atoms with E-state index in [1.54, 1.807) is 18.3 Å².